The number of aliphatic hydroxyl groups excluding tert-OH is 1. The molecule has 1 heterocycles. The Morgan fingerprint density at radius 3 is 2.75 bits per heavy atom. The van der Waals surface area contributed by atoms with Crippen LogP contribution in [0.3, 0.4) is 0 Å². The minimum absolute atomic E-state index is 0.256. The zero-order chi connectivity index (χ0) is 9.14. The summed E-state index contributed by atoms with van der Waals surface area (Å²) < 4.78 is 4.94. The van der Waals surface area contributed by atoms with Crippen LogP contribution >= 0.6 is 0 Å². The summed E-state index contributed by atoms with van der Waals surface area (Å²) in [6, 6.07) is -0.293. The van der Waals surface area contributed by atoms with Gasteiger partial charge in [0.05, 0.1) is 6.61 Å². The number of esters is 1. The van der Waals surface area contributed by atoms with E-state index in [1.54, 1.807) is 0 Å². The first-order valence-corrected chi connectivity index (χ1v) is 4.20. The fourth-order valence-corrected chi connectivity index (χ4v) is 0.945. The molecule has 0 spiro atoms. The fourth-order valence-electron chi connectivity index (χ4n) is 0.945. The van der Waals surface area contributed by atoms with E-state index in [4.69, 9.17) is 9.84 Å². The molecular formula is C8H15NO3. The van der Waals surface area contributed by atoms with Gasteiger partial charge < -0.3 is 9.84 Å². The molecule has 12 heavy (non-hydrogen) atoms. The van der Waals surface area contributed by atoms with E-state index in [1.165, 1.54) is 0 Å². The molecule has 1 aliphatic heterocycles. The highest BCUT2D eigenvalue weighted by molar-refractivity contribution is 5.76. The van der Waals surface area contributed by atoms with Crippen molar-refractivity contribution < 1.29 is 14.6 Å². The summed E-state index contributed by atoms with van der Waals surface area (Å²) >= 11 is 0. The maximum Gasteiger partial charge on any atom is 0.323 e. The summed E-state index contributed by atoms with van der Waals surface area (Å²) in [6.07, 6.45) is -0.0571. The van der Waals surface area contributed by atoms with Crippen LogP contribution in [0.2, 0.25) is 0 Å². The number of rotatable bonds is 3. The standard InChI is InChI=1S/C8H15NO3/c1-5(2)4-12-8(11)6-3-7(10)9-6/h5-7,9-10H,3-4H2,1-2H3/t6-,7?/m0/s1. The summed E-state index contributed by atoms with van der Waals surface area (Å²) in [4.78, 5) is 11.1. The van der Waals surface area contributed by atoms with Crippen LogP contribution in [0.1, 0.15) is 20.3 Å². The van der Waals surface area contributed by atoms with Gasteiger partial charge in [-0.25, -0.2) is 0 Å². The molecule has 0 bridgehead atoms. The summed E-state index contributed by atoms with van der Waals surface area (Å²) in [5.41, 5.74) is 0. The normalized spacial score (nSPS) is 28.3. The second-order valence-corrected chi connectivity index (χ2v) is 3.49. The highest BCUT2D eigenvalue weighted by Gasteiger charge is 2.33. The third-order valence-corrected chi connectivity index (χ3v) is 1.70. The van der Waals surface area contributed by atoms with Gasteiger partial charge in [-0.05, 0) is 5.92 Å². The Bertz CT molecular complexity index is 164. The zero-order valence-electron chi connectivity index (χ0n) is 7.41. The van der Waals surface area contributed by atoms with E-state index >= 15 is 0 Å². The summed E-state index contributed by atoms with van der Waals surface area (Å²) in [5.74, 6) is 0.105. The Morgan fingerprint density at radius 1 is 1.75 bits per heavy atom. The second-order valence-electron chi connectivity index (χ2n) is 3.49. The number of hydrogen-bond donors (Lipinski definition) is 2. The quantitative estimate of drug-likeness (QED) is 0.583. The maximum absolute atomic E-state index is 11.1. The van der Waals surface area contributed by atoms with Crippen molar-refractivity contribution in [2.45, 2.75) is 32.5 Å². The van der Waals surface area contributed by atoms with Crippen molar-refractivity contribution in [2.24, 2.45) is 5.92 Å². The Balaban J connectivity index is 2.13. The lowest BCUT2D eigenvalue weighted by Gasteiger charge is -2.31. The minimum Gasteiger partial charge on any atom is -0.464 e. The molecule has 1 fully saturated rings. The van der Waals surface area contributed by atoms with E-state index in [-0.39, 0.29) is 12.0 Å². The predicted octanol–water partition coefficient (Wildman–Crippen LogP) is -0.134. The average molecular weight is 173 g/mol. The van der Waals surface area contributed by atoms with Gasteiger partial charge in [0.25, 0.3) is 0 Å². The van der Waals surface area contributed by atoms with Crippen LogP contribution in [0.4, 0.5) is 0 Å². The molecule has 0 aliphatic carbocycles. The minimum atomic E-state index is -0.526. The number of aliphatic hydroxyl groups is 1. The number of nitrogens with one attached hydrogen (secondary N) is 1. The highest BCUT2D eigenvalue weighted by Crippen LogP contribution is 2.10. The van der Waals surface area contributed by atoms with E-state index in [0.717, 1.165) is 0 Å². The summed E-state index contributed by atoms with van der Waals surface area (Å²) in [7, 11) is 0. The number of carbonyl (C=O) groups excluding carboxylic acids is 1. The van der Waals surface area contributed by atoms with E-state index in [2.05, 4.69) is 5.32 Å². The Kier molecular flexibility index (Phi) is 3.05. The first kappa shape index (κ1) is 9.48. The van der Waals surface area contributed by atoms with Crippen molar-refractivity contribution in [1.82, 2.24) is 5.32 Å². The molecule has 1 unspecified atom stereocenters. The lowest BCUT2D eigenvalue weighted by molar-refractivity contribution is -0.153. The van der Waals surface area contributed by atoms with Gasteiger partial charge in [0, 0.05) is 6.42 Å². The van der Waals surface area contributed by atoms with Crippen molar-refractivity contribution in [3.05, 3.63) is 0 Å². The van der Waals surface area contributed by atoms with Crippen LogP contribution in [0.25, 0.3) is 0 Å². The molecule has 2 N–H and O–H groups in total. The zero-order valence-corrected chi connectivity index (χ0v) is 7.41. The van der Waals surface area contributed by atoms with Crippen molar-refractivity contribution in [3.63, 3.8) is 0 Å². The van der Waals surface area contributed by atoms with Gasteiger partial charge in [0.15, 0.2) is 0 Å². The Labute approximate surface area is 71.9 Å². The van der Waals surface area contributed by atoms with Gasteiger partial charge in [-0.3, -0.25) is 10.1 Å². The van der Waals surface area contributed by atoms with Gasteiger partial charge >= 0.3 is 5.97 Å². The molecule has 70 valence electrons. The summed E-state index contributed by atoms with van der Waals surface area (Å²) in [5, 5.41) is 11.5. The van der Waals surface area contributed by atoms with Gasteiger partial charge in [-0.1, -0.05) is 13.8 Å². The molecule has 0 amide bonds. The van der Waals surface area contributed by atoms with E-state index in [9.17, 15) is 4.79 Å². The van der Waals surface area contributed by atoms with Gasteiger partial charge in [-0.2, -0.15) is 0 Å². The van der Waals surface area contributed by atoms with Crippen molar-refractivity contribution >= 4 is 5.97 Å². The molecule has 1 rings (SSSR count). The molecule has 0 radical (unpaired) electrons. The Hall–Kier alpha value is -0.610. The second kappa shape index (κ2) is 3.87. The Morgan fingerprint density at radius 2 is 2.33 bits per heavy atom. The van der Waals surface area contributed by atoms with Gasteiger partial charge in [-0.15, -0.1) is 0 Å². The van der Waals surface area contributed by atoms with E-state index < -0.39 is 6.23 Å². The molecule has 1 aliphatic rings. The third-order valence-electron chi connectivity index (χ3n) is 1.70. The molecule has 1 saturated heterocycles. The molecule has 4 heteroatoms. The van der Waals surface area contributed by atoms with Crippen molar-refractivity contribution in [3.8, 4) is 0 Å². The third kappa shape index (κ3) is 2.46. The SMILES string of the molecule is CC(C)COC(=O)[C@@H]1CC(O)N1. The molecule has 0 aromatic carbocycles. The first-order valence-electron chi connectivity index (χ1n) is 4.20. The van der Waals surface area contributed by atoms with Gasteiger partial charge in [0.1, 0.15) is 12.3 Å². The highest BCUT2D eigenvalue weighted by atomic mass is 16.5. The van der Waals surface area contributed by atoms with Gasteiger partial charge in [0.2, 0.25) is 0 Å². The number of carbonyl (C=O) groups is 1. The summed E-state index contributed by atoms with van der Waals surface area (Å²) in [6.45, 7) is 4.42. The van der Waals surface area contributed by atoms with Crippen LogP contribution in [0.5, 0.6) is 0 Å². The van der Waals surface area contributed by atoms with Crippen LogP contribution in [0, 0.1) is 5.92 Å². The monoisotopic (exact) mass is 173 g/mol. The van der Waals surface area contributed by atoms with Crippen LogP contribution in [0.15, 0.2) is 0 Å². The predicted molar refractivity (Wildman–Crippen MR) is 43.3 cm³/mol. The maximum atomic E-state index is 11.1. The fraction of sp³-hybridized carbons (Fsp3) is 0.875. The smallest absolute Gasteiger partial charge is 0.323 e. The van der Waals surface area contributed by atoms with Crippen molar-refractivity contribution in [1.29, 1.82) is 0 Å². The van der Waals surface area contributed by atoms with E-state index in [0.29, 0.717) is 18.9 Å². The van der Waals surface area contributed by atoms with Crippen molar-refractivity contribution in [2.75, 3.05) is 6.61 Å². The van der Waals surface area contributed by atoms with Crippen LogP contribution < -0.4 is 5.32 Å². The average Bonchev–Trinajstić information content (AvgIpc) is 1.94. The topological polar surface area (TPSA) is 58.6 Å². The van der Waals surface area contributed by atoms with E-state index in [1.807, 2.05) is 13.8 Å². The molecule has 0 aromatic heterocycles. The largest absolute Gasteiger partial charge is 0.464 e. The lowest BCUT2D eigenvalue weighted by Crippen LogP contribution is -2.56. The van der Waals surface area contributed by atoms with Crippen LogP contribution in [-0.2, 0) is 9.53 Å². The molecule has 4 nitrogen and oxygen atoms in total. The molecule has 0 aromatic rings. The number of ether oxygens (including phenoxy) is 1. The number of hydrogen-bond acceptors (Lipinski definition) is 4. The molecule has 0 saturated carbocycles. The molecule has 2 atom stereocenters. The molecular weight excluding hydrogens is 158 g/mol. The first-order chi connectivity index (χ1) is 5.59. The lowest BCUT2D eigenvalue weighted by atomic mass is 10.1. The van der Waals surface area contributed by atoms with Crippen LogP contribution in [-0.4, -0.2) is 30.0 Å².